The molecule has 1 aromatic rings. The summed E-state index contributed by atoms with van der Waals surface area (Å²) >= 11 is 12.8. The van der Waals surface area contributed by atoms with E-state index in [2.05, 4.69) is 0 Å². The molecule has 1 saturated heterocycles. The van der Waals surface area contributed by atoms with Crippen LogP contribution in [0.3, 0.4) is 0 Å². The maximum atomic E-state index is 13.2. The molecule has 150 valence electrons. The summed E-state index contributed by atoms with van der Waals surface area (Å²) in [6.07, 6.45) is 4.64. The number of hydrogen-bond donors (Lipinski definition) is 1. The molecule has 7 heteroatoms. The summed E-state index contributed by atoms with van der Waals surface area (Å²) in [5.74, 6) is 1.11. The minimum Gasteiger partial charge on any atom is -0.369 e. The molecule has 2 atom stereocenters. The highest BCUT2D eigenvalue weighted by Gasteiger charge is 2.65. The Balaban J connectivity index is 1.53. The minimum atomic E-state index is -0.676. The fraction of sp³-hybridized carbons (Fsp3) is 0.619. The van der Waals surface area contributed by atoms with Crippen molar-refractivity contribution in [2.45, 2.75) is 57.5 Å². The number of hydrogen-bond acceptors (Lipinski definition) is 3. The predicted molar refractivity (Wildman–Crippen MR) is 109 cm³/mol. The monoisotopic (exact) mass is 421 g/mol. The third kappa shape index (κ3) is 2.26. The van der Waals surface area contributed by atoms with Crippen LogP contribution in [0.4, 0.5) is 5.69 Å². The van der Waals surface area contributed by atoms with E-state index < -0.39 is 5.54 Å². The zero-order valence-electron chi connectivity index (χ0n) is 16.1. The van der Waals surface area contributed by atoms with Crippen molar-refractivity contribution in [1.82, 2.24) is 5.01 Å². The molecule has 0 spiro atoms. The molecule has 0 aromatic heterocycles. The third-order valence-electron chi connectivity index (χ3n) is 7.66. The van der Waals surface area contributed by atoms with E-state index in [1.807, 2.05) is 36.0 Å². The molecule has 4 saturated carbocycles. The van der Waals surface area contributed by atoms with Gasteiger partial charge >= 0.3 is 0 Å². The molecule has 1 aromatic carbocycles. The van der Waals surface area contributed by atoms with Crippen LogP contribution < -0.4 is 10.7 Å². The molecule has 5 fully saturated rings. The molecule has 2 amide bonds. The van der Waals surface area contributed by atoms with E-state index in [-0.39, 0.29) is 23.3 Å². The first-order valence-corrected chi connectivity index (χ1v) is 10.8. The Bertz CT molecular complexity index is 870. The minimum absolute atomic E-state index is 0.0969. The summed E-state index contributed by atoms with van der Waals surface area (Å²) in [4.78, 5) is 25.5. The smallest absolute Gasteiger partial charge is 0.268 e. The zero-order chi connectivity index (χ0) is 20.0. The Labute approximate surface area is 175 Å². The molecule has 4 bridgehead atoms. The fourth-order valence-corrected chi connectivity index (χ4v) is 7.10. The van der Waals surface area contributed by atoms with Crippen molar-refractivity contribution in [2.75, 3.05) is 5.01 Å². The summed E-state index contributed by atoms with van der Waals surface area (Å²) in [6.45, 7) is 3.84. The number of carbonyl (C=O) groups is 2. The maximum absolute atomic E-state index is 13.2. The normalized spacial score (nSPS) is 37.9. The largest absolute Gasteiger partial charge is 0.369 e. The first-order chi connectivity index (χ1) is 13.2. The molecule has 1 heterocycles. The highest BCUT2D eigenvalue weighted by atomic mass is 35.5. The summed E-state index contributed by atoms with van der Waals surface area (Å²) in [6, 6.07) is 5.63. The number of halogens is 2. The van der Waals surface area contributed by atoms with E-state index >= 15 is 0 Å². The van der Waals surface area contributed by atoms with Gasteiger partial charge in [0.05, 0.1) is 21.8 Å². The van der Waals surface area contributed by atoms with Crippen molar-refractivity contribution in [3.63, 3.8) is 0 Å². The predicted octanol–water partition coefficient (Wildman–Crippen LogP) is 4.02. The molecule has 1 aliphatic heterocycles. The molecule has 5 nitrogen and oxygen atoms in total. The lowest BCUT2D eigenvalue weighted by atomic mass is 9.47. The van der Waals surface area contributed by atoms with Crippen LogP contribution >= 0.6 is 23.2 Å². The zero-order valence-corrected chi connectivity index (χ0v) is 17.6. The maximum Gasteiger partial charge on any atom is 0.268 e. The van der Waals surface area contributed by atoms with Crippen molar-refractivity contribution in [3.8, 4) is 0 Å². The van der Waals surface area contributed by atoms with E-state index in [0.29, 0.717) is 27.8 Å². The molecule has 2 unspecified atom stereocenters. The fourth-order valence-electron chi connectivity index (χ4n) is 6.73. The highest BCUT2D eigenvalue weighted by molar-refractivity contribution is 6.43. The lowest BCUT2D eigenvalue weighted by Crippen LogP contribution is -2.80. The highest BCUT2D eigenvalue weighted by Crippen LogP contribution is 2.62. The van der Waals surface area contributed by atoms with Gasteiger partial charge in [-0.2, -0.15) is 0 Å². The standard InChI is InChI=1S/C21H25Cl2N3O2/c1-20(2)19(28)25(26(20)15-5-3-4-14(22)16(15)23)17-12-6-11-7-13(17)10-21(8-11,9-12)18(24)27/h3-5,11-13,17H,6-10H2,1-2H3,(H2,24,27)/t11?,12?,13?,17-,21-. The van der Waals surface area contributed by atoms with Gasteiger partial charge in [-0.25, -0.2) is 5.01 Å². The van der Waals surface area contributed by atoms with E-state index in [4.69, 9.17) is 28.9 Å². The van der Waals surface area contributed by atoms with E-state index in [9.17, 15) is 9.59 Å². The van der Waals surface area contributed by atoms with Crippen molar-refractivity contribution >= 4 is 40.7 Å². The molecule has 6 rings (SSSR count). The lowest BCUT2D eigenvalue weighted by Gasteiger charge is -2.67. The van der Waals surface area contributed by atoms with Crippen molar-refractivity contribution in [2.24, 2.45) is 28.9 Å². The van der Waals surface area contributed by atoms with Crippen LogP contribution in [0.25, 0.3) is 0 Å². The Morgan fingerprint density at radius 1 is 1.14 bits per heavy atom. The number of primary amides is 1. The van der Waals surface area contributed by atoms with Crippen LogP contribution in [0.1, 0.15) is 46.0 Å². The van der Waals surface area contributed by atoms with E-state index in [1.54, 1.807) is 6.07 Å². The van der Waals surface area contributed by atoms with Gasteiger partial charge in [-0.05, 0) is 75.8 Å². The summed E-state index contributed by atoms with van der Waals surface area (Å²) in [5.41, 5.74) is 5.54. The molecule has 28 heavy (non-hydrogen) atoms. The molecular formula is C21H25Cl2N3O2. The summed E-state index contributed by atoms with van der Waals surface area (Å²) in [7, 11) is 0. The van der Waals surface area contributed by atoms with Crippen LogP contribution in [-0.2, 0) is 9.59 Å². The second kappa shape index (κ2) is 5.79. The van der Waals surface area contributed by atoms with Crippen LogP contribution in [-0.4, -0.2) is 28.4 Å². The number of hydrazine groups is 1. The second-order valence-corrected chi connectivity index (χ2v) is 10.5. The SMILES string of the molecule is CC1(C)C(=O)N([C@H]2C3CC4CC2C[C@](C(N)=O)(C4)C3)N1c1cccc(Cl)c1Cl. The van der Waals surface area contributed by atoms with Gasteiger partial charge < -0.3 is 5.73 Å². The third-order valence-corrected chi connectivity index (χ3v) is 8.47. The van der Waals surface area contributed by atoms with Gasteiger partial charge in [0, 0.05) is 5.41 Å². The number of amides is 2. The molecule has 0 radical (unpaired) electrons. The van der Waals surface area contributed by atoms with Crippen LogP contribution in [0, 0.1) is 23.2 Å². The van der Waals surface area contributed by atoms with Crippen molar-refractivity contribution in [1.29, 1.82) is 0 Å². The topological polar surface area (TPSA) is 66.6 Å². The van der Waals surface area contributed by atoms with Crippen LogP contribution in [0.2, 0.25) is 10.0 Å². The number of benzene rings is 1. The van der Waals surface area contributed by atoms with Gasteiger partial charge in [0.15, 0.2) is 0 Å². The van der Waals surface area contributed by atoms with Gasteiger partial charge in [-0.15, -0.1) is 0 Å². The number of rotatable bonds is 3. The average molecular weight is 422 g/mol. The molecule has 4 aliphatic carbocycles. The first kappa shape index (κ1) is 18.6. The van der Waals surface area contributed by atoms with Crippen LogP contribution in [0.15, 0.2) is 18.2 Å². The molecule has 5 aliphatic rings. The summed E-state index contributed by atoms with van der Waals surface area (Å²) < 4.78 is 0. The number of anilines is 1. The van der Waals surface area contributed by atoms with E-state index in [1.165, 1.54) is 0 Å². The Hall–Kier alpha value is -1.46. The van der Waals surface area contributed by atoms with Crippen molar-refractivity contribution in [3.05, 3.63) is 28.2 Å². The second-order valence-electron chi connectivity index (χ2n) is 9.70. The van der Waals surface area contributed by atoms with Gasteiger partial charge in [-0.3, -0.25) is 14.6 Å². The molecular weight excluding hydrogens is 397 g/mol. The Kier molecular flexibility index (Phi) is 3.84. The average Bonchev–Trinajstić information content (AvgIpc) is 2.62. The molecule has 2 N–H and O–H groups in total. The van der Waals surface area contributed by atoms with Gasteiger partial charge in [0.1, 0.15) is 5.54 Å². The number of carbonyl (C=O) groups excluding carboxylic acids is 2. The number of nitrogens with zero attached hydrogens (tertiary/aromatic N) is 2. The van der Waals surface area contributed by atoms with Gasteiger partial charge in [0.25, 0.3) is 5.91 Å². The Morgan fingerprint density at radius 3 is 2.39 bits per heavy atom. The Morgan fingerprint density at radius 2 is 1.79 bits per heavy atom. The summed E-state index contributed by atoms with van der Waals surface area (Å²) in [5, 5.41) is 4.88. The van der Waals surface area contributed by atoms with E-state index in [0.717, 1.165) is 37.8 Å². The van der Waals surface area contributed by atoms with Crippen LogP contribution in [0.5, 0.6) is 0 Å². The first-order valence-electron chi connectivity index (χ1n) is 10.0. The van der Waals surface area contributed by atoms with Gasteiger partial charge in [0.2, 0.25) is 5.91 Å². The van der Waals surface area contributed by atoms with Gasteiger partial charge in [-0.1, -0.05) is 29.3 Å². The quantitative estimate of drug-likeness (QED) is 0.801. The number of nitrogens with two attached hydrogens (primary N) is 1. The lowest BCUT2D eigenvalue weighted by molar-refractivity contribution is -0.179. The van der Waals surface area contributed by atoms with Crippen molar-refractivity contribution < 1.29 is 9.59 Å².